The Kier molecular flexibility index (Phi) is 2.02. The minimum atomic E-state index is 0.693. The van der Waals surface area contributed by atoms with Crippen LogP contribution in [0.4, 0.5) is 5.82 Å². The number of imidazole rings is 1. The lowest BCUT2D eigenvalue weighted by Crippen LogP contribution is -2.00. The highest BCUT2D eigenvalue weighted by Crippen LogP contribution is 2.40. The van der Waals surface area contributed by atoms with Crippen molar-refractivity contribution in [3.63, 3.8) is 0 Å². The summed E-state index contributed by atoms with van der Waals surface area (Å²) in [6.45, 7) is 2.16. The average molecular weight is 179 g/mol. The van der Waals surface area contributed by atoms with E-state index in [1.54, 1.807) is 0 Å². The zero-order valence-electron chi connectivity index (χ0n) is 8.38. The first kappa shape index (κ1) is 8.60. The number of nitrogens with zero attached hydrogens (tertiary/aromatic N) is 2. The predicted octanol–water partition coefficient (Wildman–Crippen LogP) is 1.83. The van der Waals surface area contributed by atoms with E-state index in [2.05, 4.69) is 16.5 Å². The number of aromatic nitrogens is 2. The second-order valence-corrected chi connectivity index (χ2v) is 3.89. The van der Waals surface area contributed by atoms with Gasteiger partial charge in [-0.25, -0.2) is 4.98 Å². The number of aryl methyl sites for hydroxylation is 1. The number of hydrogen-bond donors (Lipinski definition) is 1. The van der Waals surface area contributed by atoms with Crippen LogP contribution in [0, 0.1) is 0 Å². The van der Waals surface area contributed by atoms with Crippen LogP contribution in [0.3, 0.4) is 0 Å². The lowest BCUT2D eigenvalue weighted by atomic mass is 10.2. The van der Waals surface area contributed by atoms with E-state index in [0.717, 1.165) is 24.4 Å². The van der Waals surface area contributed by atoms with Crippen LogP contribution in [-0.4, -0.2) is 9.55 Å². The molecule has 72 valence electrons. The average Bonchev–Trinajstić information content (AvgIpc) is 2.89. The van der Waals surface area contributed by atoms with E-state index in [0.29, 0.717) is 5.92 Å². The van der Waals surface area contributed by atoms with Crippen molar-refractivity contribution in [3.8, 4) is 0 Å². The molecular weight excluding hydrogens is 162 g/mol. The van der Waals surface area contributed by atoms with Crippen molar-refractivity contribution < 1.29 is 0 Å². The quantitative estimate of drug-likeness (QED) is 0.769. The normalized spacial score (nSPS) is 16.5. The van der Waals surface area contributed by atoms with Crippen LogP contribution in [0.1, 0.15) is 43.6 Å². The van der Waals surface area contributed by atoms with Gasteiger partial charge >= 0.3 is 0 Å². The van der Waals surface area contributed by atoms with Gasteiger partial charge in [-0.2, -0.15) is 0 Å². The van der Waals surface area contributed by atoms with Crippen LogP contribution in [0.25, 0.3) is 0 Å². The Hall–Kier alpha value is -0.990. The number of anilines is 1. The molecule has 1 aliphatic carbocycles. The van der Waals surface area contributed by atoms with E-state index >= 15 is 0 Å². The SMILES string of the molecule is CCCc1nc(C2CC2)n(C)c1N. The van der Waals surface area contributed by atoms with Crippen molar-refractivity contribution in [1.82, 2.24) is 9.55 Å². The summed E-state index contributed by atoms with van der Waals surface area (Å²) in [5.41, 5.74) is 7.05. The molecule has 0 aliphatic heterocycles. The largest absolute Gasteiger partial charge is 0.384 e. The van der Waals surface area contributed by atoms with Gasteiger partial charge in [0.2, 0.25) is 0 Å². The molecule has 1 aliphatic rings. The minimum absolute atomic E-state index is 0.693. The van der Waals surface area contributed by atoms with Gasteiger partial charge in [0, 0.05) is 13.0 Å². The fourth-order valence-electron chi connectivity index (χ4n) is 1.72. The van der Waals surface area contributed by atoms with Gasteiger partial charge in [-0.1, -0.05) is 13.3 Å². The monoisotopic (exact) mass is 179 g/mol. The molecule has 0 amide bonds. The molecule has 2 rings (SSSR count). The Morgan fingerprint density at radius 3 is 2.77 bits per heavy atom. The first-order valence-electron chi connectivity index (χ1n) is 5.05. The fraction of sp³-hybridized carbons (Fsp3) is 0.700. The van der Waals surface area contributed by atoms with Crippen LogP contribution in [0.5, 0.6) is 0 Å². The van der Waals surface area contributed by atoms with Crippen molar-refractivity contribution in [2.24, 2.45) is 7.05 Å². The van der Waals surface area contributed by atoms with Crippen molar-refractivity contribution in [3.05, 3.63) is 11.5 Å². The summed E-state index contributed by atoms with van der Waals surface area (Å²) >= 11 is 0. The smallest absolute Gasteiger partial charge is 0.126 e. The fourth-order valence-corrected chi connectivity index (χ4v) is 1.72. The Balaban J connectivity index is 2.31. The Morgan fingerprint density at radius 1 is 1.54 bits per heavy atom. The van der Waals surface area contributed by atoms with Gasteiger partial charge in [0.05, 0.1) is 5.69 Å². The Morgan fingerprint density at radius 2 is 2.23 bits per heavy atom. The summed E-state index contributed by atoms with van der Waals surface area (Å²) in [6, 6.07) is 0. The molecule has 1 heterocycles. The third-order valence-electron chi connectivity index (χ3n) is 2.68. The molecule has 3 nitrogen and oxygen atoms in total. The minimum Gasteiger partial charge on any atom is -0.384 e. The van der Waals surface area contributed by atoms with Crippen molar-refractivity contribution in [2.45, 2.75) is 38.5 Å². The van der Waals surface area contributed by atoms with Gasteiger partial charge in [0.1, 0.15) is 11.6 Å². The van der Waals surface area contributed by atoms with E-state index < -0.39 is 0 Å². The lowest BCUT2D eigenvalue weighted by molar-refractivity contribution is 0.805. The Bertz CT molecular complexity index is 310. The van der Waals surface area contributed by atoms with Crippen LogP contribution in [0.15, 0.2) is 0 Å². The van der Waals surface area contributed by atoms with Gasteiger partial charge in [-0.3, -0.25) is 0 Å². The summed E-state index contributed by atoms with van der Waals surface area (Å²) in [5.74, 6) is 2.75. The zero-order valence-corrected chi connectivity index (χ0v) is 8.38. The van der Waals surface area contributed by atoms with Crippen molar-refractivity contribution in [2.75, 3.05) is 5.73 Å². The number of nitrogen functional groups attached to an aromatic ring is 1. The molecular formula is C10H17N3. The molecule has 1 fully saturated rings. The maximum absolute atomic E-state index is 5.96. The molecule has 1 saturated carbocycles. The summed E-state index contributed by atoms with van der Waals surface area (Å²) in [7, 11) is 2.02. The first-order valence-corrected chi connectivity index (χ1v) is 5.05. The van der Waals surface area contributed by atoms with Crippen LogP contribution in [0.2, 0.25) is 0 Å². The highest BCUT2D eigenvalue weighted by Gasteiger charge is 2.29. The number of hydrogen-bond acceptors (Lipinski definition) is 2. The molecule has 1 aromatic rings. The first-order chi connectivity index (χ1) is 6.24. The summed E-state index contributed by atoms with van der Waals surface area (Å²) < 4.78 is 2.06. The second kappa shape index (κ2) is 3.05. The highest BCUT2D eigenvalue weighted by molar-refractivity contribution is 5.39. The van der Waals surface area contributed by atoms with E-state index in [9.17, 15) is 0 Å². The van der Waals surface area contributed by atoms with E-state index in [1.807, 2.05) is 7.05 Å². The molecule has 0 bridgehead atoms. The zero-order chi connectivity index (χ0) is 9.42. The second-order valence-electron chi connectivity index (χ2n) is 3.89. The van der Waals surface area contributed by atoms with Crippen molar-refractivity contribution in [1.29, 1.82) is 0 Å². The Labute approximate surface area is 79.0 Å². The lowest BCUT2D eigenvalue weighted by Gasteiger charge is -1.99. The number of nitrogens with two attached hydrogens (primary N) is 1. The van der Waals surface area contributed by atoms with Crippen LogP contribution in [-0.2, 0) is 13.5 Å². The maximum atomic E-state index is 5.96. The number of rotatable bonds is 3. The van der Waals surface area contributed by atoms with Gasteiger partial charge in [0.15, 0.2) is 0 Å². The van der Waals surface area contributed by atoms with E-state index in [1.165, 1.54) is 18.7 Å². The molecule has 0 radical (unpaired) electrons. The van der Waals surface area contributed by atoms with Gasteiger partial charge < -0.3 is 10.3 Å². The topological polar surface area (TPSA) is 43.8 Å². The highest BCUT2D eigenvalue weighted by atomic mass is 15.1. The van der Waals surface area contributed by atoms with Gasteiger partial charge in [0.25, 0.3) is 0 Å². The molecule has 1 aromatic heterocycles. The molecule has 0 spiro atoms. The standard InChI is InChI=1S/C10H17N3/c1-3-4-8-9(11)13(2)10(12-8)7-5-6-7/h7H,3-6,11H2,1-2H3. The molecule has 3 heteroatoms. The van der Waals surface area contributed by atoms with Crippen LogP contribution < -0.4 is 5.73 Å². The molecule has 0 aromatic carbocycles. The summed E-state index contributed by atoms with van der Waals surface area (Å²) in [5, 5.41) is 0. The van der Waals surface area contributed by atoms with Crippen molar-refractivity contribution >= 4 is 5.82 Å². The molecule has 0 saturated heterocycles. The van der Waals surface area contributed by atoms with Gasteiger partial charge in [-0.05, 0) is 19.3 Å². The molecule has 13 heavy (non-hydrogen) atoms. The predicted molar refractivity (Wildman–Crippen MR) is 53.6 cm³/mol. The van der Waals surface area contributed by atoms with Gasteiger partial charge in [-0.15, -0.1) is 0 Å². The molecule has 0 unspecified atom stereocenters. The maximum Gasteiger partial charge on any atom is 0.126 e. The molecule has 0 atom stereocenters. The molecule has 2 N–H and O–H groups in total. The van der Waals surface area contributed by atoms with E-state index in [-0.39, 0.29) is 0 Å². The third kappa shape index (κ3) is 1.43. The van der Waals surface area contributed by atoms with Crippen LogP contribution >= 0.6 is 0 Å². The third-order valence-corrected chi connectivity index (χ3v) is 2.68. The summed E-state index contributed by atoms with van der Waals surface area (Å²) in [4.78, 5) is 4.60. The van der Waals surface area contributed by atoms with E-state index in [4.69, 9.17) is 5.73 Å². The summed E-state index contributed by atoms with van der Waals surface area (Å²) in [6.07, 6.45) is 4.70.